The van der Waals surface area contributed by atoms with Gasteiger partial charge in [0.2, 0.25) is 13.6 Å². The monoisotopic (exact) mass is 294 g/mol. The van der Waals surface area contributed by atoms with Gasteiger partial charge in [0, 0.05) is 11.1 Å². The zero-order valence-electron chi connectivity index (χ0n) is 10.6. The third-order valence-corrected chi connectivity index (χ3v) is 2.37. The van der Waals surface area contributed by atoms with E-state index < -0.39 is 33.3 Å². The highest BCUT2D eigenvalue weighted by Gasteiger charge is 2.22. The van der Waals surface area contributed by atoms with Crippen LogP contribution in [0.4, 0.5) is 0 Å². The van der Waals surface area contributed by atoms with Crippen LogP contribution < -0.4 is 0 Å². The van der Waals surface area contributed by atoms with E-state index in [1.165, 1.54) is 13.8 Å². The summed E-state index contributed by atoms with van der Waals surface area (Å²) in [6.07, 6.45) is 0. The van der Waals surface area contributed by atoms with Crippen molar-refractivity contribution >= 4 is 19.8 Å². The number of carbonyl (C=O) groups excluding carboxylic acids is 2. The van der Waals surface area contributed by atoms with Gasteiger partial charge in [-0.25, -0.2) is 23.2 Å². The highest BCUT2D eigenvalue weighted by molar-refractivity contribution is 7.47. The summed E-state index contributed by atoms with van der Waals surface area (Å²) in [6, 6.07) is 0. The molecule has 19 heavy (non-hydrogen) atoms. The fraction of sp³-hybridized carbons (Fsp3) is 0.400. The quantitative estimate of drug-likeness (QED) is 0.308. The van der Waals surface area contributed by atoms with Gasteiger partial charge in [-0.15, -0.1) is 0 Å². The van der Waals surface area contributed by atoms with Crippen molar-refractivity contribution in [2.45, 2.75) is 13.8 Å². The maximum atomic E-state index is 11.2. The molecule has 0 amide bonds. The van der Waals surface area contributed by atoms with Crippen LogP contribution in [0.2, 0.25) is 0 Å². The number of phosphoric ester groups is 1. The van der Waals surface area contributed by atoms with Crippen molar-refractivity contribution < 1.29 is 37.6 Å². The lowest BCUT2D eigenvalue weighted by atomic mass is 10.4. The van der Waals surface area contributed by atoms with Crippen molar-refractivity contribution in [1.82, 2.24) is 0 Å². The maximum absolute atomic E-state index is 11.2. The lowest BCUT2D eigenvalue weighted by Crippen LogP contribution is -2.11. The molecule has 0 aromatic heterocycles. The minimum Gasteiger partial charge on any atom is -0.435 e. The zero-order chi connectivity index (χ0) is 15.1. The molecule has 0 saturated carbocycles. The second kappa shape index (κ2) is 7.85. The molecule has 108 valence electrons. The van der Waals surface area contributed by atoms with Gasteiger partial charge in [0.15, 0.2) is 0 Å². The van der Waals surface area contributed by atoms with Crippen molar-refractivity contribution in [3.05, 3.63) is 24.3 Å². The second-order valence-electron chi connectivity index (χ2n) is 3.39. The topological polar surface area (TPSA) is 108 Å². The number of hydrogen-bond donors (Lipinski definition) is 1. The highest BCUT2D eigenvalue weighted by Crippen LogP contribution is 2.42. The number of carbonyl (C=O) groups is 2. The average molecular weight is 294 g/mol. The molecule has 0 fully saturated rings. The lowest BCUT2D eigenvalue weighted by molar-refractivity contribution is -0.148. The van der Waals surface area contributed by atoms with Gasteiger partial charge in [0.1, 0.15) is 0 Å². The maximum Gasteiger partial charge on any atom is 0.478 e. The number of esters is 2. The third-order valence-electron chi connectivity index (χ3n) is 1.51. The van der Waals surface area contributed by atoms with Crippen LogP contribution in [0.3, 0.4) is 0 Å². The molecule has 8 nitrogen and oxygen atoms in total. The molecule has 0 aliphatic rings. The van der Waals surface area contributed by atoms with Crippen LogP contribution in [-0.4, -0.2) is 30.4 Å². The first-order chi connectivity index (χ1) is 8.65. The molecule has 0 aliphatic heterocycles. The SMILES string of the molecule is C=C(C)C(=O)OCOP(=O)(O)OCOC(=O)C(=C)C. The smallest absolute Gasteiger partial charge is 0.435 e. The molecular weight excluding hydrogens is 279 g/mol. The Bertz CT molecular complexity index is 391. The summed E-state index contributed by atoms with van der Waals surface area (Å²) >= 11 is 0. The van der Waals surface area contributed by atoms with E-state index in [1.54, 1.807) is 0 Å². The molecule has 9 heteroatoms. The fourth-order valence-electron chi connectivity index (χ4n) is 0.577. The van der Waals surface area contributed by atoms with Crippen LogP contribution in [0.1, 0.15) is 13.8 Å². The highest BCUT2D eigenvalue weighted by atomic mass is 31.2. The minimum atomic E-state index is -4.48. The number of phosphoric acid groups is 1. The molecule has 0 unspecified atom stereocenters. The van der Waals surface area contributed by atoms with E-state index in [1.807, 2.05) is 0 Å². The predicted octanol–water partition coefficient (Wildman–Crippen LogP) is 1.27. The van der Waals surface area contributed by atoms with Gasteiger partial charge in [0.25, 0.3) is 0 Å². The average Bonchev–Trinajstić information content (AvgIpc) is 2.27. The standard InChI is InChI=1S/C10H15O8P/c1-7(2)9(11)15-5-17-19(13,14)18-6-16-10(12)8(3)4/h1,3,5-6H2,2,4H3,(H,13,14). The largest absolute Gasteiger partial charge is 0.478 e. The van der Waals surface area contributed by atoms with Crippen LogP contribution in [0.25, 0.3) is 0 Å². The summed E-state index contributed by atoms with van der Waals surface area (Å²) in [4.78, 5) is 30.9. The van der Waals surface area contributed by atoms with E-state index in [9.17, 15) is 14.2 Å². The molecule has 0 bridgehead atoms. The van der Waals surface area contributed by atoms with Crippen LogP contribution in [-0.2, 0) is 32.7 Å². The van der Waals surface area contributed by atoms with Gasteiger partial charge in [-0.05, 0) is 13.8 Å². The van der Waals surface area contributed by atoms with E-state index in [2.05, 4.69) is 31.7 Å². The van der Waals surface area contributed by atoms with Gasteiger partial charge in [-0.1, -0.05) is 13.2 Å². The Morgan fingerprint density at radius 1 is 1.00 bits per heavy atom. The van der Waals surface area contributed by atoms with E-state index in [-0.39, 0.29) is 11.1 Å². The first-order valence-electron chi connectivity index (χ1n) is 4.93. The summed E-state index contributed by atoms with van der Waals surface area (Å²) in [7, 11) is -4.48. The Hall–Kier alpha value is -1.47. The molecule has 0 radical (unpaired) electrons. The normalized spacial score (nSPS) is 10.7. The van der Waals surface area contributed by atoms with Gasteiger partial charge in [-0.2, -0.15) is 0 Å². The molecule has 0 aromatic carbocycles. The number of rotatable bonds is 8. The molecule has 0 rings (SSSR count). The summed E-state index contributed by atoms with van der Waals surface area (Å²) < 4.78 is 28.6. The van der Waals surface area contributed by atoms with Crippen molar-refractivity contribution in [3.8, 4) is 0 Å². The predicted molar refractivity (Wildman–Crippen MR) is 63.5 cm³/mol. The molecule has 0 aromatic rings. The van der Waals surface area contributed by atoms with Crippen molar-refractivity contribution in [2.75, 3.05) is 13.6 Å². The van der Waals surface area contributed by atoms with Crippen molar-refractivity contribution in [2.24, 2.45) is 0 Å². The Balaban J connectivity index is 3.96. The van der Waals surface area contributed by atoms with Crippen LogP contribution in [0.5, 0.6) is 0 Å². The Kier molecular flexibility index (Phi) is 7.25. The zero-order valence-corrected chi connectivity index (χ0v) is 11.5. The first-order valence-corrected chi connectivity index (χ1v) is 6.42. The van der Waals surface area contributed by atoms with Crippen LogP contribution in [0, 0.1) is 0 Å². The first kappa shape index (κ1) is 17.5. The molecular formula is C10H15O8P. The molecule has 0 heterocycles. The fourth-order valence-corrected chi connectivity index (χ4v) is 1.02. The van der Waals surface area contributed by atoms with Gasteiger partial charge >= 0.3 is 19.8 Å². The van der Waals surface area contributed by atoms with Gasteiger partial charge < -0.3 is 14.4 Å². The summed E-state index contributed by atoms with van der Waals surface area (Å²) in [5.74, 6) is -1.57. The second-order valence-corrected chi connectivity index (χ2v) is 4.84. The molecule has 0 saturated heterocycles. The van der Waals surface area contributed by atoms with Crippen molar-refractivity contribution in [3.63, 3.8) is 0 Å². The van der Waals surface area contributed by atoms with E-state index in [4.69, 9.17) is 4.89 Å². The van der Waals surface area contributed by atoms with E-state index in [0.29, 0.717) is 0 Å². The Labute approximate surface area is 110 Å². The summed E-state index contributed by atoms with van der Waals surface area (Å²) in [5, 5.41) is 0. The Morgan fingerprint density at radius 3 is 1.58 bits per heavy atom. The lowest BCUT2D eigenvalue weighted by Gasteiger charge is -2.12. The molecule has 1 N–H and O–H groups in total. The molecule has 0 aliphatic carbocycles. The van der Waals surface area contributed by atoms with E-state index >= 15 is 0 Å². The summed E-state index contributed by atoms with van der Waals surface area (Å²) in [5.41, 5.74) is 0.209. The molecule has 0 atom stereocenters. The van der Waals surface area contributed by atoms with E-state index in [0.717, 1.165) is 0 Å². The van der Waals surface area contributed by atoms with Crippen LogP contribution in [0.15, 0.2) is 24.3 Å². The summed E-state index contributed by atoms with van der Waals surface area (Å²) in [6.45, 7) is 7.79. The minimum absolute atomic E-state index is 0.104. The molecule has 0 spiro atoms. The van der Waals surface area contributed by atoms with Crippen molar-refractivity contribution in [1.29, 1.82) is 0 Å². The number of hydrogen-bond acceptors (Lipinski definition) is 7. The third kappa shape index (κ3) is 8.28. The number of ether oxygens (including phenoxy) is 2. The van der Waals surface area contributed by atoms with Gasteiger partial charge in [0.05, 0.1) is 0 Å². The van der Waals surface area contributed by atoms with Gasteiger partial charge in [-0.3, -0.25) is 0 Å². The van der Waals surface area contributed by atoms with Crippen LogP contribution >= 0.6 is 7.82 Å². The Morgan fingerprint density at radius 2 is 1.32 bits per heavy atom.